The number of hydrogen-bond donors (Lipinski definition) is 1. The molecule has 0 atom stereocenters. The molecule has 1 saturated carbocycles. The highest BCUT2D eigenvalue weighted by atomic mass is 15.0. The number of aromatic nitrogens is 2. The van der Waals surface area contributed by atoms with Gasteiger partial charge in [-0.25, -0.2) is 4.98 Å². The highest BCUT2D eigenvalue weighted by Gasteiger charge is 2.25. The fourth-order valence-corrected chi connectivity index (χ4v) is 2.56. The maximum absolute atomic E-state index is 5.66. The van der Waals surface area contributed by atoms with Crippen molar-refractivity contribution in [1.82, 2.24) is 9.38 Å². The van der Waals surface area contributed by atoms with Gasteiger partial charge in [-0.2, -0.15) is 0 Å². The molecular formula is C14H19N3. The maximum Gasteiger partial charge on any atom is 0.116 e. The summed E-state index contributed by atoms with van der Waals surface area (Å²) >= 11 is 0. The summed E-state index contributed by atoms with van der Waals surface area (Å²) in [6.07, 6.45) is 7.00. The normalized spacial score (nSPS) is 16.4. The van der Waals surface area contributed by atoms with Crippen molar-refractivity contribution < 1.29 is 0 Å². The van der Waals surface area contributed by atoms with Crippen LogP contribution in [0.4, 0.5) is 0 Å². The van der Waals surface area contributed by atoms with Crippen molar-refractivity contribution >= 4 is 5.52 Å². The van der Waals surface area contributed by atoms with Gasteiger partial charge in [0.25, 0.3) is 0 Å². The molecule has 3 heteroatoms. The van der Waals surface area contributed by atoms with Gasteiger partial charge in [-0.1, -0.05) is 12.5 Å². The van der Waals surface area contributed by atoms with E-state index < -0.39 is 0 Å². The van der Waals surface area contributed by atoms with Crippen LogP contribution >= 0.6 is 0 Å². The Bertz CT molecular complexity index is 538. The van der Waals surface area contributed by atoms with Crippen LogP contribution in [-0.2, 0) is 6.42 Å². The Morgan fingerprint density at radius 2 is 2.24 bits per heavy atom. The van der Waals surface area contributed by atoms with Crippen molar-refractivity contribution in [2.24, 2.45) is 5.73 Å². The highest BCUT2D eigenvalue weighted by molar-refractivity contribution is 5.54. The summed E-state index contributed by atoms with van der Waals surface area (Å²) in [6.45, 7) is 2.80. The minimum absolute atomic E-state index is 0.663. The quantitative estimate of drug-likeness (QED) is 0.878. The van der Waals surface area contributed by atoms with Crippen LogP contribution in [0.2, 0.25) is 0 Å². The molecular weight excluding hydrogens is 210 g/mol. The van der Waals surface area contributed by atoms with E-state index in [0.717, 1.165) is 12.1 Å². The van der Waals surface area contributed by atoms with Crippen molar-refractivity contribution in [2.45, 2.75) is 38.5 Å². The molecule has 17 heavy (non-hydrogen) atoms. The molecule has 0 unspecified atom stereocenters. The second-order valence-corrected chi connectivity index (χ2v) is 5.04. The Morgan fingerprint density at radius 3 is 2.88 bits per heavy atom. The lowest BCUT2D eigenvalue weighted by Crippen LogP contribution is -2.12. The van der Waals surface area contributed by atoms with E-state index in [9.17, 15) is 0 Å². The Hall–Kier alpha value is -1.35. The first-order valence-electron chi connectivity index (χ1n) is 6.47. The van der Waals surface area contributed by atoms with E-state index >= 15 is 0 Å². The van der Waals surface area contributed by atoms with E-state index in [1.165, 1.54) is 36.2 Å². The summed E-state index contributed by atoms with van der Waals surface area (Å²) in [5, 5.41) is 0. The number of aryl methyl sites for hydroxylation is 1. The molecule has 3 nitrogen and oxygen atoms in total. The van der Waals surface area contributed by atoms with Gasteiger partial charge in [-0.3, -0.25) is 0 Å². The smallest absolute Gasteiger partial charge is 0.116 e. The number of hydrogen-bond acceptors (Lipinski definition) is 2. The Morgan fingerprint density at radius 1 is 1.41 bits per heavy atom. The Kier molecular flexibility index (Phi) is 2.63. The average molecular weight is 229 g/mol. The van der Waals surface area contributed by atoms with Crippen LogP contribution in [0.5, 0.6) is 0 Å². The maximum atomic E-state index is 5.66. The van der Waals surface area contributed by atoms with Gasteiger partial charge in [0.2, 0.25) is 0 Å². The van der Waals surface area contributed by atoms with Gasteiger partial charge in [0.15, 0.2) is 0 Å². The summed E-state index contributed by atoms with van der Waals surface area (Å²) in [4.78, 5) is 4.83. The van der Waals surface area contributed by atoms with Gasteiger partial charge in [-0.15, -0.1) is 0 Å². The van der Waals surface area contributed by atoms with Gasteiger partial charge >= 0.3 is 0 Å². The molecule has 2 aromatic heterocycles. The molecule has 1 aliphatic rings. The standard InChI is InChI=1S/C14H19N3/c1-10-5-6-13-12(7-8-15)16-14(17(13)9-10)11-3-2-4-11/h5-6,9,11H,2-4,7-8,15H2,1H3. The molecule has 0 saturated heterocycles. The molecule has 2 N–H and O–H groups in total. The van der Waals surface area contributed by atoms with Crippen LogP contribution in [0.15, 0.2) is 18.3 Å². The summed E-state index contributed by atoms with van der Waals surface area (Å²) in [5.41, 5.74) is 9.35. The van der Waals surface area contributed by atoms with Gasteiger partial charge in [0, 0.05) is 18.5 Å². The molecule has 2 heterocycles. The SMILES string of the molecule is Cc1ccc2c(CCN)nc(C3CCC3)n2c1. The first-order valence-corrected chi connectivity index (χ1v) is 6.47. The summed E-state index contributed by atoms with van der Waals surface area (Å²) in [6, 6.07) is 4.33. The average Bonchev–Trinajstić information content (AvgIpc) is 2.55. The van der Waals surface area contributed by atoms with E-state index in [4.69, 9.17) is 10.7 Å². The molecule has 1 fully saturated rings. The molecule has 2 aromatic rings. The summed E-state index contributed by atoms with van der Waals surface area (Å²) < 4.78 is 2.28. The minimum Gasteiger partial charge on any atom is -0.330 e. The number of nitrogens with two attached hydrogens (primary N) is 1. The van der Waals surface area contributed by atoms with E-state index in [1.807, 2.05) is 0 Å². The molecule has 0 spiro atoms. The zero-order valence-corrected chi connectivity index (χ0v) is 10.3. The lowest BCUT2D eigenvalue weighted by Gasteiger charge is -2.24. The van der Waals surface area contributed by atoms with Gasteiger partial charge in [0.1, 0.15) is 5.82 Å². The van der Waals surface area contributed by atoms with Crippen molar-refractivity contribution in [3.05, 3.63) is 35.4 Å². The predicted molar refractivity (Wildman–Crippen MR) is 69.3 cm³/mol. The third-order valence-corrected chi connectivity index (χ3v) is 3.74. The summed E-state index contributed by atoms with van der Waals surface area (Å²) in [5.74, 6) is 1.91. The molecule has 0 aliphatic heterocycles. The van der Waals surface area contributed by atoms with Gasteiger partial charge in [-0.05, 0) is 37.9 Å². The molecule has 1 aliphatic carbocycles. The zero-order valence-electron chi connectivity index (χ0n) is 10.3. The number of pyridine rings is 1. The summed E-state index contributed by atoms with van der Waals surface area (Å²) in [7, 11) is 0. The topological polar surface area (TPSA) is 43.3 Å². The third-order valence-electron chi connectivity index (χ3n) is 3.74. The van der Waals surface area contributed by atoms with E-state index in [0.29, 0.717) is 12.5 Å². The zero-order chi connectivity index (χ0) is 11.8. The van der Waals surface area contributed by atoms with E-state index in [2.05, 4.69) is 29.7 Å². The van der Waals surface area contributed by atoms with Crippen LogP contribution in [0.25, 0.3) is 5.52 Å². The van der Waals surface area contributed by atoms with Crippen molar-refractivity contribution in [3.63, 3.8) is 0 Å². The lowest BCUT2D eigenvalue weighted by atomic mass is 9.85. The highest BCUT2D eigenvalue weighted by Crippen LogP contribution is 2.36. The van der Waals surface area contributed by atoms with Crippen LogP contribution in [0.3, 0.4) is 0 Å². The van der Waals surface area contributed by atoms with E-state index in [1.54, 1.807) is 0 Å². The van der Waals surface area contributed by atoms with E-state index in [-0.39, 0.29) is 0 Å². The molecule has 0 amide bonds. The predicted octanol–water partition coefficient (Wildman–Crippen LogP) is 2.41. The second kappa shape index (κ2) is 4.15. The van der Waals surface area contributed by atoms with Gasteiger partial charge < -0.3 is 10.1 Å². The number of nitrogens with zero attached hydrogens (tertiary/aromatic N) is 2. The number of imidazole rings is 1. The second-order valence-electron chi connectivity index (χ2n) is 5.04. The minimum atomic E-state index is 0.663. The number of fused-ring (bicyclic) bond motifs is 1. The molecule has 0 aromatic carbocycles. The monoisotopic (exact) mass is 229 g/mol. The first-order chi connectivity index (χ1) is 8.29. The Balaban J connectivity index is 2.15. The van der Waals surface area contributed by atoms with Crippen molar-refractivity contribution in [3.8, 4) is 0 Å². The lowest BCUT2D eigenvalue weighted by molar-refractivity contribution is 0.400. The molecule has 3 rings (SSSR count). The van der Waals surface area contributed by atoms with Crippen molar-refractivity contribution in [2.75, 3.05) is 6.54 Å². The van der Waals surface area contributed by atoms with Crippen LogP contribution < -0.4 is 5.73 Å². The van der Waals surface area contributed by atoms with Crippen LogP contribution in [0, 0.1) is 6.92 Å². The van der Waals surface area contributed by atoms with Crippen LogP contribution in [0.1, 0.15) is 42.3 Å². The van der Waals surface area contributed by atoms with Crippen LogP contribution in [-0.4, -0.2) is 15.9 Å². The number of rotatable bonds is 3. The molecule has 0 radical (unpaired) electrons. The Labute approximate surface area is 102 Å². The third kappa shape index (κ3) is 1.75. The molecule has 90 valence electrons. The largest absolute Gasteiger partial charge is 0.330 e. The fraction of sp³-hybridized carbons (Fsp3) is 0.500. The fourth-order valence-electron chi connectivity index (χ4n) is 2.56. The van der Waals surface area contributed by atoms with Crippen molar-refractivity contribution in [1.29, 1.82) is 0 Å². The first kappa shape index (κ1) is 10.8. The van der Waals surface area contributed by atoms with Gasteiger partial charge in [0.05, 0.1) is 11.2 Å². The molecule has 0 bridgehead atoms.